The van der Waals surface area contributed by atoms with Gasteiger partial charge in [0.25, 0.3) is 5.91 Å². The van der Waals surface area contributed by atoms with Crippen LogP contribution in [0, 0.1) is 0 Å². The van der Waals surface area contributed by atoms with E-state index in [1.54, 1.807) is 24.3 Å². The van der Waals surface area contributed by atoms with Gasteiger partial charge >= 0.3 is 6.18 Å². The van der Waals surface area contributed by atoms with E-state index in [2.05, 4.69) is 15.8 Å². The van der Waals surface area contributed by atoms with E-state index in [1.165, 1.54) is 18.3 Å². The minimum atomic E-state index is -4.45. The molecule has 0 saturated carbocycles. The summed E-state index contributed by atoms with van der Waals surface area (Å²) in [6, 6.07) is 15.1. The number of hydrogen-bond acceptors (Lipinski definition) is 4. The van der Waals surface area contributed by atoms with Gasteiger partial charge in [-0.2, -0.15) is 18.3 Å². The predicted octanol–water partition coefficient (Wildman–Crippen LogP) is 5.18. The maximum absolute atomic E-state index is 12.7. The van der Waals surface area contributed by atoms with Gasteiger partial charge in [0, 0.05) is 16.3 Å². The highest BCUT2D eigenvalue weighted by Gasteiger charge is 2.30. The number of furan rings is 1. The Hall–Kier alpha value is -3.26. The zero-order valence-electron chi connectivity index (χ0n) is 14.8. The monoisotopic (exact) mass is 421 g/mol. The van der Waals surface area contributed by atoms with Crippen LogP contribution in [0.5, 0.6) is 0 Å². The molecule has 1 heterocycles. The van der Waals surface area contributed by atoms with Gasteiger partial charge in [0.2, 0.25) is 0 Å². The molecule has 150 valence electrons. The molecular formula is C20H15ClF3N3O2. The van der Waals surface area contributed by atoms with E-state index in [-0.39, 0.29) is 12.2 Å². The normalized spacial score (nSPS) is 11.6. The molecule has 0 unspecified atom stereocenters. The summed E-state index contributed by atoms with van der Waals surface area (Å²) in [7, 11) is 0. The Balaban J connectivity index is 1.51. The molecule has 0 aliphatic heterocycles. The van der Waals surface area contributed by atoms with E-state index in [0.29, 0.717) is 16.5 Å². The lowest BCUT2D eigenvalue weighted by Crippen LogP contribution is -2.26. The van der Waals surface area contributed by atoms with Gasteiger partial charge in [0.1, 0.15) is 11.5 Å². The Labute approximate surface area is 169 Å². The zero-order valence-corrected chi connectivity index (χ0v) is 15.6. The van der Waals surface area contributed by atoms with E-state index in [9.17, 15) is 18.0 Å². The van der Waals surface area contributed by atoms with Gasteiger partial charge in [0.15, 0.2) is 0 Å². The van der Waals surface area contributed by atoms with Crippen LogP contribution in [0.3, 0.4) is 0 Å². The van der Waals surface area contributed by atoms with Crippen molar-refractivity contribution in [1.82, 2.24) is 5.43 Å². The molecule has 2 aromatic carbocycles. The highest BCUT2D eigenvalue weighted by molar-refractivity contribution is 6.30. The Morgan fingerprint density at radius 2 is 1.86 bits per heavy atom. The van der Waals surface area contributed by atoms with E-state index in [4.69, 9.17) is 16.0 Å². The number of amides is 1. The van der Waals surface area contributed by atoms with Crippen molar-refractivity contribution in [1.29, 1.82) is 0 Å². The molecule has 2 N–H and O–H groups in total. The number of hydrogen-bond donors (Lipinski definition) is 2. The largest absolute Gasteiger partial charge is 0.455 e. The number of anilines is 1. The SMILES string of the molecule is O=C(CNc1cccc(C(F)(F)F)c1)N/N=C\c1ccc(-c2ccc(Cl)cc2)o1. The molecule has 29 heavy (non-hydrogen) atoms. The molecule has 1 amide bonds. The fourth-order valence-electron chi connectivity index (χ4n) is 2.39. The average Bonchev–Trinajstić information content (AvgIpc) is 3.15. The van der Waals surface area contributed by atoms with E-state index in [1.807, 2.05) is 12.1 Å². The fraction of sp³-hybridized carbons (Fsp3) is 0.100. The van der Waals surface area contributed by atoms with Crippen LogP contribution in [0.2, 0.25) is 5.02 Å². The van der Waals surface area contributed by atoms with Crippen molar-refractivity contribution >= 4 is 29.4 Å². The average molecular weight is 422 g/mol. The lowest BCUT2D eigenvalue weighted by atomic mass is 10.2. The third kappa shape index (κ3) is 5.86. The Morgan fingerprint density at radius 1 is 1.10 bits per heavy atom. The van der Waals surface area contributed by atoms with Crippen LogP contribution in [0.25, 0.3) is 11.3 Å². The number of alkyl halides is 3. The second-order valence-corrected chi connectivity index (χ2v) is 6.37. The maximum Gasteiger partial charge on any atom is 0.416 e. The molecule has 0 radical (unpaired) electrons. The lowest BCUT2D eigenvalue weighted by Gasteiger charge is -2.09. The first kappa shape index (κ1) is 20.5. The molecule has 5 nitrogen and oxygen atoms in total. The molecule has 0 atom stereocenters. The van der Waals surface area contributed by atoms with Crippen LogP contribution in [-0.2, 0) is 11.0 Å². The van der Waals surface area contributed by atoms with Gasteiger partial charge in [-0.15, -0.1) is 0 Å². The van der Waals surface area contributed by atoms with Crippen molar-refractivity contribution < 1.29 is 22.4 Å². The van der Waals surface area contributed by atoms with Gasteiger partial charge < -0.3 is 9.73 Å². The summed E-state index contributed by atoms with van der Waals surface area (Å²) in [6.45, 7) is -0.243. The predicted molar refractivity (Wildman–Crippen MR) is 105 cm³/mol. The molecule has 9 heteroatoms. The minimum absolute atomic E-state index is 0.178. The van der Waals surface area contributed by atoms with Gasteiger partial charge in [-0.3, -0.25) is 4.79 Å². The van der Waals surface area contributed by atoms with Crippen molar-refractivity contribution in [2.45, 2.75) is 6.18 Å². The summed E-state index contributed by atoms with van der Waals surface area (Å²) in [5.41, 5.74) is 2.49. The Kier molecular flexibility index (Phi) is 6.23. The van der Waals surface area contributed by atoms with E-state index >= 15 is 0 Å². The summed E-state index contributed by atoms with van der Waals surface area (Å²) in [6.07, 6.45) is -3.13. The Bertz CT molecular complexity index is 1010. The molecule has 3 aromatic rings. The van der Waals surface area contributed by atoms with Crippen LogP contribution >= 0.6 is 11.6 Å². The first-order chi connectivity index (χ1) is 13.8. The summed E-state index contributed by atoms with van der Waals surface area (Å²) in [4.78, 5) is 11.8. The number of nitrogens with zero attached hydrogens (tertiary/aromatic N) is 1. The minimum Gasteiger partial charge on any atom is -0.455 e. The maximum atomic E-state index is 12.7. The molecule has 0 bridgehead atoms. The topological polar surface area (TPSA) is 66.6 Å². The number of carbonyl (C=O) groups excluding carboxylic acids is 1. The summed E-state index contributed by atoms with van der Waals surface area (Å²) >= 11 is 5.85. The number of rotatable bonds is 6. The highest BCUT2D eigenvalue weighted by atomic mass is 35.5. The second-order valence-electron chi connectivity index (χ2n) is 5.93. The van der Waals surface area contributed by atoms with Gasteiger partial charge in [-0.1, -0.05) is 17.7 Å². The Morgan fingerprint density at radius 3 is 2.59 bits per heavy atom. The molecule has 0 spiro atoms. The van der Waals surface area contributed by atoms with Gasteiger partial charge in [-0.05, 0) is 54.6 Å². The van der Waals surface area contributed by atoms with Crippen LogP contribution in [0.15, 0.2) is 70.2 Å². The van der Waals surface area contributed by atoms with E-state index in [0.717, 1.165) is 17.7 Å². The molecule has 1 aromatic heterocycles. The molecule has 0 fully saturated rings. The van der Waals surface area contributed by atoms with E-state index < -0.39 is 17.6 Å². The van der Waals surface area contributed by atoms with Crippen LogP contribution in [0.4, 0.5) is 18.9 Å². The third-order valence-corrected chi connectivity index (χ3v) is 4.03. The first-order valence-electron chi connectivity index (χ1n) is 8.40. The number of carbonyl (C=O) groups is 1. The molecule has 0 saturated heterocycles. The zero-order chi connectivity index (χ0) is 20.9. The van der Waals surface area contributed by atoms with Crippen LogP contribution < -0.4 is 10.7 Å². The van der Waals surface area contributed by atoms with Crippen molar-refractivity contribution in [3.63, 3.8) is 0 Å². The highest BCUT2D eigenvalue weighted by Crippen LogP contribution is 2.30. The van der Waals surface area contributed by atoms with Gasteiger partial charge in [0.05, 0.1) is 18.3 Å². The van der Waals surface area contributed by atoms with Crippen molar-refractivity contribution in [3.8, 4) is 11.3 Å². The first-order valence-corrected chi connectivity index (χ1v) is 8.78. The number of benzene rings is 2. The second kappa shape index (κ2) is 8.83. The summed E-state index contributed by atoms with van der Waals surface area (Å²) in [5, 5.41) is 7.00. The summed E-state index contributed by atoms with van der Waals surface area (Å²) in [5.74, 6) is 0.505. The van der Waals surface area contributed by atoms with Crippen LogP contribution in [0.1, 0.15) is 11.3 Å². The number of halogens is 4. The number of nitrogens with one attached hydrogen (secondary N) is 2. The lowest BCUT2D eigenvalue weighted by molar-refractivity contribution is -0.137. The quantitative estimate of drug-likeness (QED) is 0.425. The standard InChI is InChI=1S/C20H15ClF3N3O2/c21-15-6-4-13(5-7-15)18-9-8-17(29-18)11-26-27-19(28)12-25-16-3-1-2-14(10-16)20(22,23)24/h1-11,25H,12H2,(H,27,28)/b26-11-. The van der Waals surface area contributed by atoms with Crippen LogP contribution in [-0.4, -0.2) is 18.7 Å². The molecule has 0 aliphatic rings. The number of hydrazone groups is 1. The molecule has 0 aliphatic carbocycles. The smallest absolute Gasteiger partial charge is 0.416 e. The molecule has 3 rings (SSSR count). The van der Waals surface area contributed by atoms with Gasteiger partial charge in [-0.25, -0.2) is 5.43 Å². The van der Waals surface area contributed by atoms with Crippen molar-refractivity contribution in [2.75, 3.05) is 11.9 Å². The molecular weight excluding hydrogens is 407 g/mol. The van der Waals surface area contributed by atoms with Crippen molar-refractivity contribution in [2.24, 2.45) is 5.10 Å². The fourth-order valence-corrected chi connectivity index (χ4v) is 2.51. The van der Waals surface area contributed by atoms with Crippen molar-refractivity contribution in [3.05, 3.63) is 77.0 Å². The third-order valence-electron chi connectivity index (χ3n) is 3.78. The summed E-state index contributed by atoms with van der Waals surface area (Å²) < 4.78 is 43.6.